The lowest BCUT2D eigenvalue weighted by molar-refractivity contribution is 0.669. The summed E-state index contributed by atoms with van der Waals surface area (Å²) in [6, 6.07) is 0.343. The highest BCUT2D eigenvalue weighted by atomic mass is 35.5. The van der Waals surface area contributed by atoms with Crippen LogP contribution in [0.25, 0.3) is 0 Å². The summed E-state index contributed by atoms with van der Waals surface area (Å²) >= 11 is 6.09. The Morgan fingerprint density at radius 2 is 2.27 bits per heavy atom. The van der Waals surface area contributed by atoms with Gasteiger partial charge in [0.15, 0.2) is 0 Å². The lowest BCUT2D eigenvalue weighted by atomic mass is 10.0. The Balaban J connectivity index is 2.94. The first-order chi connectivity index (χ1) is 7.04. The molecule has 0 aliphatic carbocycles. The topological polar surface area (TPSA) is 50.4 Å². The van der Waals surface area contributed by atoms with Gasteiger partial charge >= 0.3 is 0 Å². The van der Waals surface area contributed by atoms with Crippen molar-refractivity contribution >= 4 is 17.4 Å². The van der Waals surface area contributed by atoms with E-state index in [1.54, 1.807) is 6.20 Å². The molecule has 1 unspecified atom stereocenters. The molecule has 0 radical (unpaired) electrons. The van der Waals surface area contributed by atoms with E-state index in [4.69, 9.17) is 17.3 Å². The van der Waals surface area contributed by atoms with Gasteiger partial charge in [-0.25, -0.2) is 4.99 Å². The molecule has 1 aliphatic heterocycles. The minimum absolute atomic E-state index is 0.166. The third-order valence-corrected chi connectivity index (χ3v) is 2.52. The van der Waals surface area contributed by atoms with Crippen molar-refractivity contribution in [2.24, 2.45) is 16.6 Å². The van der Waals surface area contributed by atoms with Crippen LogP contribution in [0, 0.1) is 5.92 Å². The van der Waals surface area contributed by atoms with E-state index in [-0.39, 0.29) is 5.92 Å². The van der Waals surface area contributed by atoms with Crippen molar-refractivity contribution in [2.75, 3.05) is 0 Å². The van der Waals surface area contributed by atoms with Crippen molar-refractivity contribution in [3.05, 3.63) is 23.0 Å². The van der Waals surface area contributed by atoms with E-state index in [1.807, 2.05) is 6.08 Å². The van der Waals surface area contributed by atoms with Gasteiger partial charge in [-0.3, -0.25) is 0 Å². The number of amidine groups is 1. The largest absolute Gasteiger partial charge is 0.387 e. The minimum atomic E-state index is 0.166. The molecule has 0 bridgehead atoms. The van der Waals surface area contributed by atoms with Gasteiger partial charge in [0, 0.05) is 18.2 Å². The molecule has 15 heavy (non-hydrogen) atoms. The summed E-state index contributed by atoms with van der Waals surface area (Å²) in [5, 5.41) is 3.90. The summed E-state index contributed by atoms with van der Waals surface area (Å²) in [5.74, 6) is 0.787. The molecule has 0 fully saturated rings. The number of nitrogens with two attached hydrogens (primary N) is 1. The zero-order valence-electron chi connectivity index (χ0n) is 9.42. The molecule has 0 amide bonds. The first-order valence-corrected chi connectivity index (χ1v) is 5.60. The first-order valence-electron chi connectivity index (χ1n) is 5.22. The Morgan fingerprint density at radius 1 is 1.60 bits per heavy atom. The molecule has 84 valence electrons. The lowest BCUT2D eigenvalue weighted by Gasteiger charge is -2.14. The average Bonchev–Trinajstić information content (AvgIpc) is 2.30. The van der Waals surface area contributed by atoms with Gasteiger partial charge in [0.05, 0.1) is 10.7 Å². The number of nitrogens with one attached hydrogen (secondary N) is 1. The van der Waals surface area contributed by atoms with Crippen molar-refractivity contribution in [3.63, 3.8) is 0 Å². The maximum Gasteiger partial charge on any atom is 0.106 e. The lowest BCUT2D eigenvalue weighted by Crippen LogP contribution is -2.25. The van der Waals surface area contributed by atoms with Crippen LogP contribution in [0.4, 0.5) is 0 Å². The number of nitrogens with zero attached hydrogens (tertiary/aromatic N) is 1. The van der Waals surface area contributed by atoms with E-state index in [0.29, 0.717) is 16.9 Å². The fraction of sp³-hybridized carbons (Fsp3) is 0.545. The molecule has 0 spiro atoms. The van der Waals surface area contributed by atoms with Crippen LogP contribution in [0.2, 0.25) is 0 Å². The maximum atomic E-state index is 6.09. The second-order valence-electron chi connectivity index (χ2n) is 3.93. The van der Waals surface area contributed by atoms with Gasteiger partial charge in [-0.2, -0.15) is 0 Å². The molecule has 0 saturated carbocycles. The Morgan fingerprint density at radius 3 is 2.80 bits per heavy atom. The average molecular weight is 228 g/mol. The van der Waals surface area contributed by atoms with Crippen molar-refractivity contribution in [3.8, 4) is 0 Å². The molecule has 4 heteroatoms. The number of allylic oxidation sites excluding steroid dienone is 1. The van der Waals surface area contributed by atoms with Gasteiger partial charge in [-0.05, 0) is 26.3 Å². The Kier molecular flexibility index (Phi) is 4.21. The summed E-state index contributed by atoms with van der Waals surface area (Å²) in [5.41, 5.74) is 6.74. The molecule has 0 aromatic rings. The van der Waals surface area contributed by atoms with Crippen LogP contribution in [0.5, 0.6) is 0 Å². The van der Waals surface area contributed by atoms with Crippen LogP contribution in [0.15, 0.2) is 28.0 Å². The monoisotopic (exact) mass is 227 g/mol. The maximum absolute atomic E-state index is 6.09. The molecule has 0 aromatic heterocycles. The highest BCUT2D eigenvalue weighted by Crippen LogP contribution is 2.20. The molecule has 3 nitrogen and oxygen atoms in total. The number of rotatable bonds is 3. The third kappa shape index (κ3) is 3.27. The molecule has 1 aliphatic rings. The van der Waals surface area contributed by atoms with E-state index in [2.05, 4.69) is 31.1 Å². The first kappa shape index (κ1) is 12.1. The van der Waals surface area contributed by atoms with Crippen molar-refractivity contribution in [1.82, 2.24) is 5.32 Å². The minimum Gasteiger partial charge on any atom is -0.387 e. The zero-order chi connectivity index (χ0) is 11.4. The quantitative estimate of drug-likeness (QED) is 0.778. The Hall–Kier alpha value is -0.960. The summed E-state index contributed by atoms with van der Waals surface area (Å²) in [7, 11) is 0. The van der Waals surface area contributed by atoms with Gasteiger partial charge in [0.1, 0.15) is 5.84 Å². The fourth-order valence-corrected chi connectivity index (χ4v) is 1.58. The van der Waals surface area contributed by atoms with Crippen LogP contribution in [0.3, 0.4) is 0 Å². The van der Waals surface area contributed by atoms with E-state index < -0.39 is 0 Å². The molecular formula is C11H18ClN3. The van der Waals surface area contributed by atoms with Gasteiger partial charge in [0.25, 0.3) is 0 Å². The normalized spacial score (nSPS) is 21.7. The molecule has 1 heterocycles. The summed E-state index contributed by atoms with van der Waals surface area (Å²) in [6.45, 7) is 6.22. The van der Waals surface area contributed by atoms with Crippen LogP contribution >= 0.6 is 11.6 Å². The third-order valence-electron chi connectivity index (χ3n) is 2.22. The van der Waals surface area contributed by atoms with E-state index in [1.165, 1.54) is 0 Å². The summed E-state index contributed by atoms with van der Waals surface area (Å²) in [6.07, 6.45) is 4.58. The van der Waals surface area contributed by atoms with Gasteiger partial charge in [-0.1, -0.05) is 18.5 Å². The van der Waals surface area contributed by atoms with E-state index in [9.17, 15) is 0 Å². The number of hydrogen-bond acceptors (Lipinski definition) is 3. The summed E-state index contributed by atoms with van der Waals surface area (Å²) < 4.78 is 0. The predicted octanol–water partition coefficient (Wildman–Crippen LogP) is 2.35. The Bertz CT molecular complexity index is 316. The van der Waals surface area contributed by atoms with Crippen LogP contribution in [-0.2, 0) is 0 Å². The number of aliphatic imine (C=N–C) groups is 1. The second-order valence-corrected chi connectivity index (χ2v) is 4.33. The Labute approximate surface area is 96.1 Å². The number of hydrogen-bond donors (Lipinski definition) is 2. The molecule has 1 atom stereocenters. The van der Waals surface area contributed by atoms with Crippen molar-refractivity contribution in [1.29, 1.82) is 0 Å². The highest BCUT2D eigenvalue weighted by Gasteiger charge is 2.14. The smallest absolute Gasteiger partial charge is 0.106 e. The molecule has 0 aromatic carbocycles. The molecule has 0 saturated heterocycles. The zero-order valence-corrected chi connectivity index (χ0v) is 10.2. The summed E-state index contributed by atoms with van der Waals surface area (Å²) in [4.78, 5) is 4.12. The SMILES string of the molecule is CCC1C=C(NC(C)C)C(Cl)=CN=C1N. The number of halogens is 1. The van der Waals surface area contributed by atoms with E-state index in [0.717, 1.165) is 12.1 Å². The highest BCUT2D eigenvalue weighted by molar-refractivity contribution is 6.32. The van der Waals surface area contributed by atoms with Crippen LogP contribution in [0.1, 0.15) is 27.2 Å². The predicted molar refractivity (Wildman–Crippen MR) is 65.7 cm³/mol. The van der Waals surface area contributed by atoms with Crippen LogP contribution in [-0.4, -0.2) is 11.9 Å². The second kappa shape index (κ2) is 5.21. The van der Waals surface area contributed by atoms with Gasteiger partial charge in [0.2, 0.25) is 0 Å². The van der Waals surface area contributed by atoms with Crippen LogP contribution < -0.4 is 11.1 Å². The molecule has 3 N–H and O–H groups in total. The standard InChI is InChI=1S/C11H18ClN3/c1-4-8-5-10(15-7(2)3)9(12)6-14-11(8)13/h5-8,15H,4H2,1-3H3,(H2,13,14). The van der Waals surface area contributed by atoms with Gasteiger partial charge in [-0.15, -0.1) is 0 Å². The van der Waals surface area contributed by atoms with Crippen molar-refractivity contribution in [2.45, 2.75) is 33.2 Å². The molecular weight excluding hydrogens is 210 g/mol. The van der Waals surface area contributed by atoms with Gasteiger partial charge < -0.3 is 11.1 Å². The van der Waals surface area contributed by atoms with E-state index >= 15 is 0 Å². The fourth-order valence-electron chi connectivity index (χ4n) is 1.42. The van der Waals surface area contributed by atoms with Crippen molar-refractivity contribution < 1.29 is 0 Å². The molecule has 1 rings (SSSR count).